The molecule has 1 aliphatic carbocycles. The molecule has 4 heterocycles. The largest absolute Gasteiger partial charge is 0.450 e. The summed E-state index contributed by atoms with van der Waals surface area (Å²) in [7, 11) is 0. The van der Waals surface area contributed by atoms with Crippen molar-refractivity contribution in [3.8, 4) is 17.4 Å². The average molecular weight is 569 g/mol. The first kappa shape index (κ1) is 26.3. The van der Waals surface area contributed by atoms with Crippen LogP contribution >= 0.6 is 11.6 Å². The molecule has 1 unspecified atom stereocenters. The monoisotopic (exact) mass is 568 g/mol. The van der Waals surface area contributed by atoms with Crippen molar-refractivity contribution >= 4 is 41.2 Å². The molecule has 6 rings (SSSR count). The van der Waals surface area contributed by atoms with E-state index >= 15 is 0 Å². The van der Waals surface area contributed by atoms with Crippen LogP contribution in [0.25, 0.3) is 5.57 Å². The molecular weight excluding hydrogens is 544 g/mol. The number of aliphatic hydroxyl groups is 1. The van der Waals surface area contributed by atoms with E-state index in [0.717, 1.165) is 22.3 Å². The molecule has 3 aliphatic heterocycles. The molecule has 0 spiro atoms. The van der Waals surface area contributed by atoms with Gasteiger partial charge in [-0.2, -0.15) is 0 Å². The predicted octanol–water partition coefficient (Wildman–Crippen LogP) is 3.14. The third kappa shape index (κ3) is 4.48. The van der Waals surface area contributed by atoms with Gasteiger partial charge in [0.2, 0.25) is 5.75 Å². The maximum absolute atomic E-state index is 12.9. The molecule has 1 aromatic carbocycles. The first-order valence-corrected chi connectivity index (χ1v) is 13.4. The van der Waals surface area contributed by atoms with Crippen LogP contribution in [0.2, 0.25) is 5.02 Å². The number of aromatic nitrogens is 1. The SMILES string of the molecule is CCOC(=O)N1CCC(=C2c3ccc(Cl)cc3CCc3c2nc2c4c3OC(=O)CC(O)(CC(=O)O2)C(=O)O4)CC1. The molecule has 1 saturated heterocycles. The molecule has 0 radical (unpaired) electrons. The van der Waals surface area contributed by atoms with Crippen molar-refractivity contribution in [3.63, 3.8) is 0 Å². The fraction of sp³-hybridized carbons (Fsp3) is 0.393. The lowest BCUT2D eigenvalue weighted by Crippen LogP contribution is -2.49. The lowest BCUT2D eigenvalue weighted by atomic mass is 9.88. The summed E-state index contributed by atoms with van der Waals surface area (Å²) in [6, 6.07) is 5.53. The quantitative estimate of drug-likeness (QED) is 0.510. The molecule has 12 heteroatoms. The normalized spacial score (nSPS) is 22.0. The van der Waals surface area contributed by atoms with Gasteiger partial charge in [0.25, 0.3) is 5.88 Å². The number of carbonyl (C=O) groups excluding carboxylic acids is 4. The van der Waals surface area contributed by atoms with Crippen molar-refractivity contribution in [2.75, 3.05) is 19.7 Å². The summed E-state index contributed by atoms with van der Waals surface area (Å²) in [6.45, 7) is 2.88. The van der Waals surface area contributed by atoms with Crippen molar-refractivity contribution in [1.82, 2.24) is 9.88 Å². The zero-order valence-electron chi connectivity index (χ0n) is 21.6. The van der Waals surface area contributed by atoms with E-state index in [1.54, 1.807) is 17.9 Å². The topological polar surface area (TPSA) is 142 Å². The molecule has 1 atom stereocenters. The highest BCUT2D eigenvalue weighted by Gasteiger charge is 2.49. The number of hydrogen-bond acceptors (Lipinski definition) is 10. The molecule has 11 nitrogen and oxygen atoms in total. The van der Waals surface area contributed by atoms with Gasteiger partial charge in [0.15, 0.2) is 11.4 Å². The van der Waals surface area contributed by atoms with Crippen molar-refractivity contribution in [2.24, 2.45) is 0 Å². The van der Waals surface area contributed by atoms with Gasteiger partial charge >= 0.3 is 24.0 Å². The molecular formula is C28H25ClN2O9. The van der Waals surface area contributed by atoms with E-state index in [1.165, 1.54) is 0 Å². The van der Waals surface area contributed by atoms with Crippen LogP contribution in [0.5, 0.6) is 17.4 Å². The number of fused-ring (bicyclic) bond motifs is 5. The summed E-state index contributed by atoms with van der Waals surface area (Å²) in [5.41, 5.74) is 2.04. The van der Waals surface area contributed by atoms with Gasteiger partial charge in [0.05, 0.1) is 25.1 Å². The number of piperidine rings is 1. The van der Waals surface area contributed by atoms with Gasteiger partial charge in [-0.15, -0.1) is 0 Å². The average Bonchev–Trinajstić information content (AvgIpc) is 3.05. The molecule has 4 aliphatic rings. The summed E-state index contributed by atoms with van der Waals surface area (Å²) >= 11 is 6.35. The first-order valence-electron chi connectivity index (χ1n) is 13.0. The Bertz CT molecular complexity index is 1510. The van der Waals surface area contributed by atoms with Crippen LogP contribution in [0.3, 0.4) is 0 Å². The van der Waals surface area contributed by atoms with Crippen molar-refractivity contribution in [1.29, 1.82) is 0 Å². The van der Waals surface area contributed by atoms with Gasteiger partial charge in [-0.3, -0.25) is 9.59 Å². The van der Waals surface area contributed by atoms with Gasteiger partial charge < -0.3 is 29.0 Å². The lowest BCUT2D eigenvalue weighted by Gasteiger charge is -2.31. The van der Waals surface area contributed by atoms with Crippen LogP contribution in [-0.2, 0) is 32.0 Å². The highest BCUT2D eigenvalue weighted by molar-refractivity contribution is 6.30. The molecule has 1 aromatic heterocycles. The van der Waals surface area contributed by atoms with Crippen LogP contribution in [0.1, 0.15) is 55.0 Å². The standard InChI is InChI=1S/C28H25ClN2O9/c1-2-37-27(35)31-9-7-14(8-10-31)21-17-6-4-16(29)11-15(17)3-5-18-22(21)30-25-24-23(18)38-19(32)12-28(36,26(34)40-24)13-20(33)39-25/h4,6,11,36H,2-3,5,7-10,12-13H2,1H3. The smallest absolute Gasteiger partial charge is 0.409 e. The van der Waals surface area contributed by atoms with E-state index in [9.17, 15) is 24.3 Å². The van der Waals surface area contributed by atoms with E-state index in [1.807, 2.05) is 12.1 Å². The summed E-state index contributed by atoms with van der Waals surface area (Å²) < 4.78 is 21.8. The second-order valence-corrected chi connectivity index (χ2v) is 10.5. The van der Waals surface area contributed by atoms with Crippen LogP contribution in [0.15, 0.2) is 23.8 Å². The lowest BCUT2D eigenvalue weighted by molar-refractivity contribution is -0.170. The third-order valence-electron chi connectivity index (χ3n) is 7.51. The second-order valence-electron chi connectivity index (χ2n) is 10.1. The Morgan fingerprint density at radius 1 is 1.05 bits per heavy atom. The summed E-state index contributed by atoms with van der Waals surface area (Å²) in [5, 5.41) is 11.3. The number of benzene rings is 1. The minimum Gasteiger partial charge on any atom is -0.450 e. The first-order chi connectivity index (χ1) is 19.2. The summed E-state index contributed by atoms with van der Waals surface area (Å²) in [6.07, 6.45) is -0.0775. The Morgan fingerprint density at radius 2 is 1.77 bits per heavy atom. The van der Waals surface area contributed by atoms with Gasteiger partial charge in [0.1, 0.15) is 0 Å². The predicted molar refractivity (Wildman–Crippen MR) is 138 cm³/mol. The van der Waals surface area contributed by atoms with Crippen LogP contribution in [-0.4, -0.2) is 64.3 Å². The number of esters is 3. The number of rotatable bonds is 1. The van der Waals surface area contributed by atoms with Crippen LogP contribution in [0, 0.1) is 0 Å². The Hall–Kier alpha value is -3.96. The fourth-order valence-electron chi connectivity index (χ4n) is 5.62. The molecule has 208 valence electrons. The zero-order valence-corrected chi connectivity index (χ0v) is 22.3. The molecule has 40 heavy (non-hydrogen) atoms. The van der Waals surface area contributed by atoms with E-state index < -0.39 is 36.4 Å². The molecule has 1 amide bonds. The van der Waals surface area contributed by atoms with Gasteiger partial charge in [-0.05, 0) is 55.9 Å². The zero-order chi connectivity index (χ0) is 28.2. The number of aryl methyl sites for hydroxylation is 1. The number of hydrogen-bond donors (Lipinski definition) is 1. The van der Waals surface area contributed by atoms with E-state index in [0.29, 0.717) is 55.1 Å². The Labute approximate surface area is 233 Å². The maximum atomic E-state index is 12.9. The molecule has 1 fully saturated rings. The number of ether oxygens (including phenoxy) is 4. The number of nitrogens with zero attached hydrogens (tertiary/aromatic N) is 2. The highest BCUT2D eigenvalue weighted by Crippen LogP contribution is 2.49. The van der Waals surface area contributed by atoms with Gasteiger partial charge in [-0.1, -0.05) is 23.2 Å². The number of carbonyl (C=O) groups is 4. The van der Waals surface area contributed by atoms with Crippen LogP contribution < -0.4 is 14.2 Å². The van der Waals surface area contributed by atoms with E-state index in [2.05, 4.69) is 4.98 Å². The van der Waals surface area contributed by atoms with Crippen molar-refractivity contribution < 1.29 is 43.2 Å². The molecule has 2 bridgehead atoms. The van der Waals surface area contributed by atoms with Crippen LogP contribution in [0.4, 0.5) is 4.79 Å². The molecule has 1 N–H and O–H groups in total. The minimum absolute atomic E-state index is 0.0731. The number of likely N-dealkylation sites (tertiary alicyclic amines) is 1. The second kappa shape index (κ2) is 9.90. The number of halogens is 1. The summed E-state index contributed by atoms with van der Waals surface area (Å²) in [5.74, 6) is -3.71. The van der Waals surface area contributed by atoms with E-state index in [-0.39, 0.29) is 30.1 Å². The Balaban J connectivity index is 1.56. The third-order valence-corrected chi connectivity index (χ3v) is 7.75. The summed E-state index contributed by atoms with van der Waals surface area (Å²) in [4.78, 5) is 57.1. The van der Waals surface area contributed by atoms with Crippen molar-refractivity contribution in [2.45, 2.75) is 51.0 Å². The van der Waals surface area contributed by atoms with Crippen molar-refractivity contribution in [3.05, 3.63) is 51.2 Å². The maximum Gasteiger partial charge on any atom is 0.409 e. The minimum atomic E-state index is -2.41. The Kier molecular flexibility index (Phi) is 6.50. The van der Waals surface area contributed by atoms with Gasteiger partial charge in [-0.25, -0.2) is 14.6 Å². The number of amides is 1. The fourth-order valence-corrected chi connectivity index (χ4v) is 5.81. The Morgan fingerprint density at radius 3 is 2.50 bits per heavy atom. The molecule has 2 aromatic rings. The highest BCUT2D eigenvalue weighted by atomic mass is 35.5. The van der Waals surface area contributed by atoms with Gasteiger partial charge in [0, 0.05) is 29.2 Å². The number of pyridine rings is 1. The molecule has 0 saturated carbocycles. The van der Waals surface area contributed by atoms with E-state index in [4.69, 9.17) is 30.5 Å².